The average molecular weight is 557 g/mol. The van der Waals surface area contributed by atoms with Gasteiger partial charge in [0.05, 0.1) is 29.0 Å². The molecule has 0 radical (unpaired) electrons. The summed E-state index contributed by atoms with van der Waals surface area (Å²) in [6.07, 6.45) is 10.6. The number of amides is 1. The number of ether oxygens (including phenoxy) is 1. The number of benzene rings is 1. The number of nitrogens with zero attached hydrogens (tertiary/aromatic N) is 6. The molecule has 0 bridgehead atoms. The number of aromatic nitrogens is 2. The van der Waals surface area contributed by atoms with Gasteiger partial charge in [-0.15, -0.1) is 4.68 Å². The number of halogens is 1. The minimum Gasteiger partial charge on any atom is -0.444 e. The second kappa shape index (κ2) is 10.7. The first-order valence-corrected chi connectivity index (χ1v) is 14.5. The summed E-state index contributed by atoms with van der Waals surface area (Å²) >= 11 is 0. The molecule has 2 saturated carbocycles. The lowest BCUT2D eigenvalue weighted by Crippen LogP contribution is -2.35. The second-order valence-corrected chi connectivity index (χ2v) is 12.3. The number of fused-ring (bicyclic) bond motifs is 1. The number of nitrogens with one attached hydrogen (secondary N) is 1. The van der Waals surface area contributed by atoms with Gasteiger partial charge in [-0.2, -0.15) is 5.26 Å². The molecule has 212 valence electrons. The van der Waals surface area contributed by atoms with E-state index in [1.807, 2.05) is 31.6 Å². The van der Waals surface area contributed by atoms with Crippen LogP contribution in [0.4, 0.5) is 9.18 Å². The SMILES string of the molecule is CC(C)(C)OC(=O)N1CCC(/C=[N+]2/N=C(C#Cc3cc4ncn(C5CC5)c4cc3F)C(C#N)=C2NC2CCCC2)C1. The zero-order valence-electron chi connectivity index (χ0n) is 23.8. The first kappa shape index (κ1) is 27.0. The molecule has 1 amide bonds. The van der Waals surface area contributed by atoms with Gasteiger partial charge in [0.15, 0.2) is 11.3 Å². The van der Waals surface area contributed by atoms with Gasteiger partial charge in [-0.3, -0.25) is 5.32 Å². The lowest BCUT2D eigenvalue weighted by atomic mass is 10.1. The van der Waals surface area contributed by atoms with E-state index in [1.165, 1.54) is 6.07 Å². The topological polar surface area (TPSA) is 98.5 Å². The average Bonchev–Trinajstić information content (AvgIpc) is 3.29. The van der Waals surface area contributed by atoms with Crippen molar-refractivity contribution in [2.75, 3.05) is 13.1 Å². The molecular formula is C31H35FN7O2+. The van der Waals surface area contributed by atoms with Gasteiger partial charge in [0.25, 0.3) is 0 Å². The normalized spacial score (nSPS) is 22.2. The van der Waals surface area contributed by atoms with Crippen LogP contribution in [0.2, 0.25) is 0 Å². The van der Waals surface area contributed by atoms with Gasteiger partial charge in [0.1, 0.15) is 23.7 Å². The third-order valence-corrected chi connectivity index (χ3v) is 7.87. The zero-order chi connectivity index (χ0) is 28.7. The highest BCUT2D eigenvalue weighted by molar-refractivity contribution is 6.16. The second-order valence-electron chi connectivity index (χ2n) is 12.3. The number of hydrogen-bond donors (Lipinski definition) is 1. The molecule has 6 rings (SSSR count). The highest BCUT2D eigenvalue weighted by atomic mass is 19.1. The molecule has 1 aromatic heterocycles. The van der Waals surface area contributed by atoms with E-state index < -0.39 is 11.4 Å². The molecule has 2 aliphatic carbocycles. The molecule has 1 atom stereocenters. The van der Waals surface area contributed by atoms with Crippen LogP contribution in [0, 0.1) is 34.9 Å². The lowest BCUT2D eigenvalue weighted by molar-refractivity contribution is -0.482. The van der Waals surface area contributed by atoms with Crippen molar-refractivity contribution in [1.29, 1.82) is 5.26 Å². The minimum absolute atomic E-state index is 0.0281. The fourth-order valence-corrected chi connectivity index (χ4v) is 5.65. The third-order valence-electron chi connectivity index (χ3n) is 7.87. The van der Waals surface area contributed by atoms with Crippen molar-refractivity contribution in [3.63, 3.8) is 0 Å². The van der Waals surface area contributed by atoms with Gasteiger partial charge in [0.2, 0.25) is 0 Å². The van der Waals surface area contributed by atoms with Gasteiger partial charge in [-0.05, 0) is 77.7 Å². The predicted octanol–water partition coefficient (Wildman–Crippen LogP) is 4.84. The Labute approximate surface area is 239 Å². The van der Waals surface area contributed by atoms with Crippen molar-refractivity contribution in [3.05, 3.63) is 41.2 Å². The Morgan fingerprint density at radius 2 is 1.98 bits per heavy atom. The van der Waals surface area contributed by atoms with Crippen LogP contribution in [0.3, 0.4) is 0 Å². The Morgan fingerprint density at radius 3 is 2.68 bits per heavy atom. The molecule has 4 aliphatic rings. The molecule has 1 aromatic carbocycles. The molecule has 1 N–H and O–H groups in total. The van der Waals surface area contributed by atoms with Crippen molar-refractivity contribution >= 4 is 29.1 Å². The van der Waals surface area contributed by atoms with Crippen LogP contribution in [0.5, 0.6) is 0 Å². The van der Waals surface area contributed by atoms with Gasteiger partial charge >= 0.3 is 11.9 Å². The van der Waals surface area contributed by atoms with E-state index in [4.69, 9.17) is 4.74 Å². The molecule has 2 aromatic rings. The molecular weight excluding hydrogens is 521 g/mol. The molecule has 10 heteroatoms. The van der Waals surface area contributed by atoms with Crippen molar-refractivity contribution in [2.24, 2.45) is 11.0 Å². The van der Waals surface area contributed by atoms with E-state index in [9.17, 15) is 10.1 Å². The maximum absolute atomic E-state index is 15.1. The highest BCUT2D eigenvalue weighted by Crippen LogP contribution is 2.37. The molecule has 0 spiro atoms. The van der Waals surface area contributed by atoms with E-state index >= 15 is 4.39 Å². The van der Waals surface area contributed by atoms with Crippen LogP contribution in [-0.4, -0.2) is 61.9 Å². The largest absolute Gasteiger partial charge is 0.444 e. The van der Waals surface area contributed by atoms with E-state index in [-0.39, 0.29) is 29.3 Å². The van der Waals surface area contributed by atoms with Crippen LogP contribution in [0.1, 0.15) is 77.3 Å². The maximum atomic E-state index is 15.1. The van der Waals surface area contributed by atoms with E-state index in [1.54, 1.807) is 22.0 Å². The molecule has 41 heavy (non-hydrogen) atoms. The standard InChI is InChI=1S/C31H35FN7O2/c1-31(2,3)41-30(40)37-13-12-20(17-37)18-39-29(35-22-6-4-5-7-22)24(16-33)26(36-39)11-8-21-14-27-28(15-25(21)32)38(19-34-27)23-9-10-23/h14-15,18-20,22-23,35H,4-7,9-10,12-13,17H2,1-3H3/q+1/b39-18+. The minimum atomic E-state index is -0.560. The summed E-state index contributed by atoms with van der Waals surface area (Å²) in [5.74, 6) is 6.08. The lowest BCUT2D eigenvalue weighted by Gasteiger charge is -2.24. The predicted molar refractivity (Wildman–Crippen MR) is 153 cm³/mol. The van der Waals surface area contributed by atoms with Gasteiger partial charge in [0, 0.05) is 31.1 Å². The summed E-state index contributed by atoms with van der Waals surface area (Å²) in [6, 6.07) is 6.07. The smallest absolute Gasteiger partial charge is 0.410 e. The van der Waals surface area contributed by atoms with Gasteiger partial charge in [-0.25, -0.2) is 14.2 Å². The van der Waals surface area contributed by atoms with E-state index in [0.29, 0.717) is 36.0 Å². The third kappa shape index (κ3) is 5.83. The first-order chi connectivity index (χ1) is 19.7. The Balaban J connectivity index is 1.29. The van der Waals surface area contributed by atoms with Gasteiger partial charge < -0.3 is 14.2 Å². The van der Waals surface area contributed by atoms with Crippen LogP contribution in [0.15, 0.2) is 35.0 Å². The fourth-order valence-electron chi connectivity index (χ4n) is 5.65. The summed E-state index contributed by atoms with van der Waals surface area (Å²) in [5, 5.41) is 18.4. The van der Waals surface area contributed by atoms with Crippen molar-refractivity contribution < 1.29 is 18.6 Å². The molecule has 1 saturated heterocycles. The number of likely N-dealkylation sites (tertiary alicyclic amines) is 1. The van der Waals surface area contributed by atoms with Crippen LogP contribution >= 0.6 is 0 Å². The highest BCUT2D eigenvalue weighted by Gasteiger charge is 2.36. The number of hydrazone groups is 1. The zero-order valence-corrected chi connectivity index (χ0v) is 23.8. The Hall–Kier alpha value is -4.18. The van der Waals surface area contributed by atoms with Crippen LogP contribution in [0.25, 0.3) is 11.0 Å². The number of carbonyl (C=O) groups excluding carboxylic acids is 1. The summed E-state index contributed by atoms with van der Waals surface area (Å²) in [4.78, 5) is 18.7. The molecule has 1 unspecified atom stereocenters. The number of imidazole rings is 1. The molecule has 3 heterocycles. The quantitative estimate of drug-likeness (QED) is 0.429. The molecule has 9 nitrogen and oxygen atoms in total. The fraction of sp³-hybridized carbons (Fsp3) is 0.516. The number of allylic oxidation sites excluding steroid dienone is 1. The van der Waals surface area contributed by atoms with Crippen molar-refractivity contribution in [1.82, 2.24) is 19.8 Å². The van der Waals surface area contributed by atoms with Crippen LogP contribution in [-0.2, 0) is 4.74 Å². The monoisotopic (exact) mass is 556 g/mol. The van der Waals surface area contributed by atoms with Crippen molar-refractivity contribution in [3.8, 4) is 17.9 Å². The van der Waals surface area contributed by atoms with Gasteiger partial charge in [-0.1, -0.05) is 11.0 Å². The number of hydrogen-bond acceptors (Lipinski definition) is 6. The number of nitriles is 1. The summed E-state index contributed by atoms with van der Waals surface area (Å²) < 4.78 is 24.3. The Kier molecular flexibility index (Phi) is 7.03. The van der Waals surface area contributed by atoms with E-state index in [2.05, 4.69) is 33.3 Å². The first-order valence-electron chi connectivity index (χ1n) is 14.5. The summed E-state index contributed by atoms with van der Waals surface area (Å²) in [5.41, 5.74) is 1.75. The Bertz CT molecular complexity index is 1580. The maximum Gasteiger partial charge on any atom is 0.410 e. The molecule has 2 aliphatic heterocycles. The summed E-state index contributed by atoms with van der Waals surface area (Å²) in [6.45, 7) is 6.64. The number of carbonyl (C=O) groups is 1. The number of rotatable bonds is 4. The Morgan fingerprint density at radius 1 is 1.20 bits per heavy atom. The summed E-state index contributed by atoms with van der Waals surface area (Å²) in [7, 11) is 0. The molecule has 3 fully saturated rings. The van der Waals surface area contributed by atoms with Crippen LogP contribution < -0.4 is 5.32 Å². The van der Waals surface area contributed by atoms with E-state index in [0.717, 1.165) is 50.5 Å². The van der Waals surface area contributed by atoms with Crippen molar-refractivity contribution in [2.45, 2.75) is 83.4 Å².